The van der Waals surface area contributed by atoms with Gasteiger partial charge in [0.05, 0.1) is 6.04 Å². The van der Waals surface area contributed by atoms with Crippen LogP contribution >= 0.6 is 15.9 Å². The monoisotopic (exact) mass is 282 g/mol. The Morgan fingerprint density at radius 2 is 2.19 bits per heavy atom. The molecular formula is C12H15BrN2O. The minimum Gasteiger partial charge on any atom is -0.439 e. The SMILES string of the molecule is CC(C)CC(N)c1nc2cc(Br)ccc2o1. The first-order chi connectivity index (χ1) is 7.56. The van der Waals surface area contributed by atoms with Crippen LogP contribution in [0.4, 0.5) is 0 Å². The first-order valence-electron chi connectivity index (χ1n) is 5.38. The molecule has 0 aliphatic heterocycles. The van der Waals surface area contributed by atoms with Crippen LogP contribution in [0.3, 0.4) is 0 Å². The van der Waals surface area contributed by atoms with Gasteiger partial charge in [-0.1, -0.05) is 29.8 Å². The quantitative estimate of drug-likeness (QED) is 0.935. The van der Waals surface area contributed by atoms with Crippen LogP contribution in [0.1, 0.15) is 32.2 Å². The maximum absolute atomic E-state index is 6.03. The third-order valence-electron chi connectivity index (χ3n) is 2.41. The van der Waals surface area contributed by atoms with E-state index in [0.717, 1.165) is 22.0 Å². The number of hydrogen-bond donors (Lipinski definition) is 1. The number of aromatic nitrogens is 1. The summed E-state index contributed by atoms with van der Waals surface area (Å²) < 4.78 is 6.63. The fourth-order valence-corrected chi connectivity index (χ4v) is 2.03. The number of rotatable bonds is 3. The Morgan fingerprint density at radius 3 is 2.88 bits per heavy atom. The van der Waals surface area contributed by atoms with E-state index in [1.165, 1.54) is 0 Å². The molecule has 1 aromatic heterocycles. The van der Waals surface area contributed by atoms with Gasteiger partial charge < -0.3 is 10.2 Å². The van der Waals surface area contributed by atoms with E-state index >= 15 is 0 Å². The van der Waals surface area contributed by atoms with Crippen LogP contribution in [0, 0.1) is 5.92 Å². The molecule has 2 rings (SSSR count). The molecule has 2 aromatic rings. The van der Waals surface area contributed by atoms with Crippen molar-refractivity contribution in [3.63, 3.8) is 0 Å². The molecule has 16 heavy (non-hydrogen) atoms. The summed E-state index contributed by atoms with van der Waals surface area (Å²) in [5, 5.41) is 0. The number of hydrogen-bond acceptors (Lipinski definition) is 3. The molecule has 1 heterocycles. The lowest BCUT2D eigenvalue weighted by Gasteiger charge is -2.09. The van der Waals surface area contributed by atoms with Crippen LogP contribution in [-0.4, -0.2) is 4.98 Å². The second-order valence-corrected chi connectivity index (χ2v) is 5.32. The van der Waals surface area contributed by atoms with Crippen molar-refractivity contribution < 1.29 is 4.42 Å². The van der Waals surface area contributed by atoms with Gasteiger partial charge in [0.2, 0.25) is 5.89 Å². The number of oxazole rings is 1. The Balaban J connectivity index is 2.32. The molecule has 0 radical (unpaired) electrons. The van der Waals surface area contributed by atoms with Crippen molar-refractivity contribution >= 4 is 27.0 Å². The van der Waals surface area contributed by atoms with Crippen LogP contribution in [0.25, 0.3) is 11.1 Å². The molecule has 0 spiro atoms. The molecule has 4 heteroatoms. The Labute approximate surface area is 103 Å². The fourth-order valence-electron chi connectivity index (χ4n) is 1.69. The highest BCUT2D eigenvalue weighted by atomic mass is 79.9. The Bertz CT molecular complexity index is 493. The zero-order chi connectivity index (χ0) is 11.7. The van der Waals surface area contributed by atoms with Crippen LogP contribution in [0.2, 0.25) is 0 Å². The predicted molar refractivity (Wildman–Crippen MR) is 68.1 cm³/mol. The summed E-state index contributed by atoms with van der Waals surface area (Å²) in [7, 11) is 0. The molecule has 3 nitrogen and oxygen atoms in total. The number of nitrogens with two attached hydrogens (primary N) is 1. The maximum Gasteiger partial charge on any atom is 0.212 e. The maximum atomic E-state index is 6.03. The van der Waals surface area contributed by atoms with Crippen molar-refractivity contribution in [2.24, 2.45) is 11.7 Å². The second kappa shape index (κ2) is 4.55. The molecular weight excluding hydrogens is 268 g/mol. The van der Waals surface area contributed by atoms with Gasteiger partial charge in [-0.2, -0.15) is 0 Å². The molecule has 1 unspecified atom stereocenters. The lowest BCUT2D eigenvalue weighted by molar-refractivity contribution is 0.417. The van der Waals surface area contributed by atoms with Crippen molar-refractivity contribution in [1.82, 2.24) is 4.98 Å². The molecule has 0 aliphatic rings. The minimum absolute atomic E-state index is 0.119. The largest absolute Gasteiger partial charge is 0.439 e. The van der Waals surface area contributed by atoms with Crippen molar-refractivity contribution in [3.8, 4) is 0 Å². The van der Waals surface area contributed by atoms with E-state index in [4.69, 9.17) is 10.2 Å². The van der Waals surface area contributed by atoms with Gasteiger partial charge in [0.1, 0.15) is 5.52 Å². The van der Waals surface area contributed by atoms with Crippen LogP contribution in [-0.2, 0) is 0 Å². The lowest BCUT2D eigenvalue weighted by atomic mass is 10.0. The summed E-state index contributed by atoms with van der Waals surface area (Å²) >= 11 is 3.41. The van der Waals surface area contributed by atoms with E-state index in [2.05, 4.69) is 34.8 Å². The first kappa shape index (κ1) is 11.6. The van der Waals surface area contributed by atoms with Crippen LogP contribution in [0.5, 0.6) is 0 Å². The summed E-state index contributed by atoms with van der Waals surface area (Å²) in [5.74, 6) is 1.17. The average molecular weight is 283 g/mol. The van der Waals surface area contributed by atoms with E-state index in [1.807, 2.05) is 18.2 Å². The molecule has 0 amide bonds. The third kappa shape index (κ3) is 2.44. The van der Waals surface area contributed by atoms with E-state index in [1.54, 1.807) is 0 Å². The minimum atomic E-state index is -0.119. The highest BCUT2D eigenvalue weighted by Gasteiger charge is 2.15. The molecule has 1 atom stereocenters. The zero-order valence-corrected chi connectivity index (χ0v) is 11.0. The summed E-state index contributed by atoms with van der Waals surface area (Å²) in [4.78, 5) is 4.40. The number of benzene rings is 1. The Morgan fingerprint density at radius 1 is 1.44 bits per heavy atom. The molecule has 0 aliphatic carbocycles. The summed E-state index contributed by atoms with van der Waals surface area (Å²) in [5.41, 5.74) is 7.67. The summed E-state index contributed by atoms with van der Waals surface area (Å²) in [6.45, 7) is 4.28. The van der Waals surface area contributed by atoms with Crippen molar-refractivity contribution in [2.75, 3.05) is 0 Å². The standard InChI is InChI=1S/C12H15BrN2O/c1-7(2)5-9(14)12-15-10-6-8(13)3-4-11(10)16-12/h3-4,6-7,9H,5,14H2,1-2H3. The number of nitrogens with zero attached hydrogens (tertiary/aromatic N) is 1. The summed E-state index contributed by atoms with van der Waals surface area (Å²) in [6.07, 6.45) is 0.883. The summed E-state index contributed by atoms with van der Waals surface area (Å²) in [6, 6.07) is 5.65. The molecule has 0 bridgehead atoms. The van der Waals surface area contributed by atoms with E-state index in [-0.39, 0.29) is 6.04 Å². The van der Waals surface area contributed by atoms with Gasteiger partial charge in [-0.15, -0.1) is 0 Å². The van der Waals surface area contributed by atoms with Crippen molar-refractivity contribution in [2.45, 2.75) is 26.3 Å². The van der Waals surface area contributed by atoms with Gasteiger partial charge in [-0.3, -0.25) is 0 Å². The number of halogens is 1. The van der Waals surface area contributed by atoms with Gasteiger partial charge in [0, 0.05) is 4.47 Å². The molecule has 0 fully saturated rings. The van der Waals surface area contributed by atoms with Crippen molar-refractivity contribution in [1.29, 1.82) is 0 Å². The van der Waals surface area contributed by atoms with E-state index in [9.17, 15) is 0 Å². The smallest absolute Gasteiger partial charge is 0.212 e. The number of fused-ring (bicyclic) bond motifs is 1. The van der Waals surface area contributed by atoms with Gasteiger partial charge in [0.25, 0.3) is 0 Å². The molecule has 2 N–H and O–H groups in total. The first-order valence-corrected chi connectivity index (χ1v) is 6.17. The topological polar surface area (TPSA) is 52.0 Å². The molecule has 0 saturated heterocycles. The highest BCUT2D eigenvalue weighted by molar-refractivity contribution is 9.10. The second-order valence-electron chi connectivity index (χ2n) is 4.40. The normalized spacial score (nSPS) is 13.6. The van der Waals surface area contributed by atoms with Gasteiger partial charge in [0.15, 0.2) is 5.58 Å². The highest BCUT2D eigenvalue weighted by Crippen LogP contribution is 2.25. The van der Waals surface area contributed by atoms with Crippen LogP contribution < -0.4 is 5.73 Å². The average Bonchev–Trinajstić information content (AvgIpc) is 2.59. The Hall–Kier alpha value is -0.870. The van der Waals surface area contributed by atoms with Gasteiger partial charge >= 0.3 is 0 Å². The third-order valence-corrected chi connectivity index (χ3v) is 2.90. The molecule has 86 valence electrons. The molecule has 0 saturated carbocycles. The fraction of sp³-hybridized carbons (Fsp3) is 0.417. The van der Waals surface area contributed by atoms with E-state index < -0.39 is 0 Å². The lowest BCUT2D eigenvalue weighted by Crippen LogP contribution is -2.13. The zero-order valence-electron chi connectivity index (χ0n) is 9.40. The van der Waals surface area contributed by atoms with E-state index in [0.29, 0.717) is 11.8 Å². The predicted octanol–water partition coefficient (Wildman–Crippen LogP) is 3.64. The van der Waals surface area contributed by atoms with Gasteiger partial charge in [-0.05, 0) is 30.5 Å². The van der Waals surface area contributed by atoms with Crippen LogP contribution in [0.15, 0.2) is 27.1 Å². The molecule has 1 aromatic carbocycles. The Kier molecular flexibility index (Phi) is 3.30. The van der Waals surface area contributed by atoms with Gasteiger partial charge in [-0.25, -0.2) is 4.98 Å². The van der Waals surface area contributed by atoms with Crippen molar-refractivity contribution in [3.05, 3.63) is 28.6 Å².